The number of piperazine rings is 1. The number of nitrogens with zero attached hydrogens (tertiary/aromatic N) is 1. The summed E-state index contributed by atoms with van der Waals surface area (Å²) in [4.78, 5) is 14.3. The van der Waals surface area contributed by atoms with E-state index in [1.54, 1.807) is 4.90 Å². The molecule has 0 atom stereocenters. The highest BCUT2D eigenvalue weighted by atomic mass is 16.5. The zero-order valence-corrected chi connectivity index (χ0v) is 13.9. The van der Waals surface area contributed by atoms with Crippen molar-refractivity contribution in [3.63, 3.8) is 0 Å². The molecular formula is C17H26N2O2. The molecule has 4 heteroatoms. The molecule has 0 radical (unpaired) electrons. The highest BCUT2D eigenvalue weighted by Crippen LogP contribution is 2.24. The third-order valence-corrected chi connectivity index (χ3v) is 3.77. The molecule has 1 aliphatic heterocycles. The minimum absolute atomic E-state index is 0.0755. The van der Waals surface area contributed by atoms with Gasteiger partial charge in [0, 0.05) is 12.1 Å². The van der Waals surface area contributed by atoms with Crippen LogP contribution in [-0.4, -0.2) is 35.2 Å². The van der Waals surface area contributed by atoms with E-state index in [1.807, 2.05) is 32.9 Å². The fourth-order valence-corrected chi connectivity index (χ4v) is 3.10. The molecule has 116 valence electrons. The molecule has 0 aliphatic carbocycles. The lowest BCUT2D eigenvalue weighted by Crippen LogP contribution is -2.70. The van der Waals surface area contributed by atoms with Crippen LogP contribution in [0.15, 0.2) is 18.2 Å². The van der Waals surface area contributed by atoms with Crippen LogP contribution >= 0.6 is 0 Å². The number of aryl methyl sites for hydroxylation is 2. The first-order chi connectivity index (χ1) is 9.61. The van der Waals surface area contributed by atoms with Crippen LogP contribution in [0.5, 0.6) is 5.75 Å². The van der Waals surface area contributed by atoms with Crippen molar-refractivity contribution >= 4 is 5.91 Å². The quantitative estimate of drug-likeness (QED) is 0.930. The van der Waals surface area contributed by atoms with Crippen molar-refractivity contribution in [1.82, 2.24) is 10.2 Å². The topological polar surface area (TPSA) is 41.6 Å². The number of carbonyl (C=O) groups is 1. The normalized spacial score (nSPS) is 20.5. The molecule has 1 aromatic carbocycles. The molecule has 1 heterocycles. The number of benzene rings is 1. The molecule has 1 aromatic rings. The lowest BCUT2D eigenvalue weighted by Gasteiger charge is -2.46. The maximum absolute atomic E-state index is 12.5. The molecular weight excluding hydrogens is 264 g/mol. The molecule has 0 bridgehead atoms. The van der Waals surface area contributed by atoms with E-state index in [1.165, 1.54) is 5.56 Å². The predicted molar refractivity (Wildman–Crippen MR) is 84.4 cm³/mol. The molecule has 21 heavy (non-hydrogen) atoms. The summed E-state index contributed by atoms with van der Waals surface area (Å²) in [5.41, 5.74) is 1.62. The smallest absolute Gasteiger partial charge is 0.245 e. The minimum Gasteiger partial charge on any atom is -0.473 e. The van der Waals surface area contributed by atoms with Gasteiger partial charge in [-0.05, 0) is 53.2 Å². The first-order valence-electron chi connectivity index (χ1n) is 7.39. The molecule has 1 aliphatic rings. The van der Waals surface area contributed by atoms with E-state index in [2.05, 4.69) is 32.2 Å². The van der Waals surface area contributed by atoms with Crippen LogP contribution in [-0.2, 0) is 4.79 Å². The van der Waals surface area contributed by atoms with Crippen LogP contribution in [0.25, 0.3) is 0 Å². The summed E-state index contributed by atoms with van der Waals surface area (Å²) in [5, 5.41) is 3.38. The standard InChI is InChI=1S/C17H26N2O2/c1-12-7-8-14(13(2)9-12)21-11-19-10-16(3,4)18-17(5,6)15(19)20/h7-9,18H,10-11H2,1-6H3. The third-order valence-electron chi connectivity index (χ3n) is 3.77. The van der Waals surface area contributed by atoms with Gasteiger partial charge in [0.15, 0.2) is 6.73 Å². The van der Waals surface area contributed by atoms with Gasteiger partial charge in [-0.15, -0.1) is 0 Å². The van der Waals surface area contributed by atoms with Crippen LogP contribution in [0, 0.1) is 13.8 Å². The third kappa shape index (κ3) is 3.56. The Labute approximate surface area is 127 Å². The van der Waals surface area contributed by atoms with Crippen LogP contribution in [0.3, 0.4) is 0 Å². The van der Waals surface area contributed by atoms with Crippen molar-refractivity contribution < 1.29 is 9.53 Å². The summed E-state index contributed by atoms with van der Waals surface area (Å²) >= 11 is 0. The lowest BCUT2D eigenvalue weighted by molar-refractivity contribution is -0.147. The number of ether oxygens (including phenoxy) is 1. The number of hydrogen-bond donors (Lipinski definition) is 1. The summed E-state index contributed by atoms with van der Waals surface area (Å²) in [6.45, 7) is 13.0. The summed E-state index contributed by atoms with van der Waals surface area (Å²) in [7, 11) is 0. The minimum atomic E-state index is -0.562. The van der Waals surface area contributed by atoms with Gasteiger partial charge in [-0.2, -0.15) is 0 Å². The molecule has 1 fully saturated rings. The Morgan fingerprint density at radius 2 is 1.90 bits per heavy atom. The summed E-state index contributed by atoms with van der Waals surface area (Å²) in [6, 6.07) is 6.08. The molecule has 1 N–H and O–H groups in total. The maximum atomic E-state index is 12.5. The van der Waals surface area contributed by atoms with Gasteiger partial charge >= 0.3 is 0 Å². The van der Waals surface area contributed by atoms with Gasteiger partial charge < -0.3 is 9.64 Å². The molecule has 0 saturated carbocycles. The van der Waals surface area contributed by atoms with Crippen molar-refractivity contribution in [3.05, 3.63) is 29.3 Å². The second-order valence-corrected chi connectivity index (χ2v) is 7.18. The summed E-state index contributed by atoms with van der Waals surface area (Å²) in [5.74, 6) is 0.911. The maximum Gasteiger partial charge on any atom is 0.245 e. The number of rotatable bonds is 3. The van der Waals surface area contributed by atoms with Gasteiger partial charge in [0.05, 0.1) is 5.54 Å². The SMILES string of the molecule is Cc1ccc(OCN2CC(C)(C)NC(C)(C)C2=O)c(C)c1. The molecule has 1 amide bonds. The highest BCUT2D eigenvalue weighted by Gasteiger charge is 2.43. The van der Waals surface area contributed by atoms with Gasteiger partial charge in [-0.25, -0.2) is 0 Å². The van der Waals surface area contributed by atoms with Crippen molar-refractivity contribution in [2.75, 3.05) is 13.3 Å². The van der Waals surface area contributed by atoms with Crippen LogP contribution in [0.2, 0.25) is 0 Å². The van der Waals surface area contributed by atoms with Gasteiger partial charge in [-0.1, -0.05) is 17.7 Å². The van der Waals surface area contributed by atoms with Crippen LogP contribution in [0.4, 0.5) is 0 Å². The summed E-state index contributed by atoms with van der Waals surface area (Å²) < 4.78 is 5.87. The van der Waals surface area contributed by atoms with E-state index < -0.39 is 5.54 Å². The van der Waals surface area contributed by atoms with Crippen LogP contribution < -0.4 is 10.1 Å². The average molecular weight is 290 g/mol. The number of amides is 1. The number of carbonyl (C=O) groups excluding carboxylic acids is 1. The fraction of sp³-hybridized carbons (Fsp3) is 0.588. The van der Waals surface area contributed by atoms with Gasteiger partial charge in [-0.3, -0.25) is 10.1 Å². The molecule has 4 nitrogen and oxygen atoms in total. The van der Waals surface area contributed by atoms with Gasteiger partial charge in [0.25, 0.3) is 0 Å². The Morgan fingerprint density at radius 1 is 1.24 bits per heavy atom. The average Bonchev–Trinajstić information content (AvgIpc) is 2.32. The molecule has 2 rings (SSSR count). The lowest BCUT2D eigenvalue weighted by atomic mass is 9.91. The fourth-order valence-electron chi connectivity index (χ4n) is 3.10. The Morgan fingerprint density at radius 3 is 2.52 bits per heavy atom. The van der Waals surface area contributed by atoms with Crippen LogP contribution in [0.1, 0.15) is 38.8 Å². The predicted octanol–water partition coefficient (Wildman–Crippen LogP) is 2.63. The molecule has 0 spiro atoms. The Hall–Kier alpha value is -1.55. The second kappa shape index (κ2) is 5.34. The van der Waals surface area contributed by atoms with E-state index >= 15 is 0 Å². The van der Waals surface area contributed by atoms with Crippen molar-refractivity contribution in [2.45, 2.75) is 52.6 Å². The number of nitrogens with one attached hydrogen (secondary N) is 1. The molecule has 0 unspecified atom stereocenters. The Kier molecular flexibility index (Phi) is 4.02. The van der Waals surface area contributed by atoms with E-state index in [-0.39, 0.29) is 18.2 Å². The van der Waals surface area contributed by atoms with Crippen molar-refractivity contribution in [1.29, 1.82) is 0 Å². The van der Waals surface area contributed by atoms with E-state index in [0.717, 1.165) is 11.3 Å². The van der Waals surface area contributed by atoms with E-state index in [0.29, 0.717) is 6.54 Å². The first-order valence-corrected chi connectivity index (χ1v) is 7.39. The zero-order valence-electron chi connectivity index (χ0n) is 13.9. The highest BCUT2D eigenvalue weighted by molar-refractivity contribution is 5.86. The number of hydrogen-bond acceptors (Lipinski definition) is 3. The van der Waals surface area contributed by atoms with Crippen molar-refractivity contribution in [2.24, 2.45) is 0 Å². The van der Waals surface area contributed by atoms with Gasteiger partial charge in [0.2, 0.25) is 5.91 Å². The zero-order chi connectivity index (χ0) is 15.8. The van der Waals surface area contributed by atoms with E-state index in [4.69, 9.17) is 4.74 Å². The second-order valence-electron chi connectivity index (χ2n) is 7.18. The monoisotopic (exact) mass is 290 g/mol. The summed E-state index contributed by atoms with van der Waals surface area (Å²) in [6.07, 6.45) is 0. The first kappa shape index (κ1) is 15.8. The Bertz CT molecular complexity index is 550. The van der Waals surface area contributed by atoms with Crippen molar-refractivity contribution in [3.8, 4) is 5.75 Å². The van der Waals surface area contributed by atoms with Gasteiger partial charge in [0.1, 0.15) is 5.75 Å². The largest absolute Gasteiger partial charge is 0.473 e. The molecule has 0 aromatic heterocycles. The molecule has 1 saturated heterocycles. The van der Waals surface area contributed by atoms with E-state index in [9.17, 15) is 4.79 Å². The Balaban J connectivity index is 2.09.